The van der Waals surface area contributed by atoms with Crippen molar-refractivity contribution in [3.8, 4) is 0 Å². The van der Waals surface area contributed by atoms with Crippen molar-refractivity contribution in [2.75, 3.05) is 13.2 Å². The Morgan fingerprint density at radius 1 is 1.17 bits per heavy atom. The highest BCUT2D eigenvalue weighted by molar-refractivity contribution is 4.63. The molecule has 0 radical (unpaired) electrons. The van der Waals surface area contributed by atoms with Crippen molar-refractivity contribution in [2.24, 2.45) is 0 Å². The molecule has 0 aliphatic heterocycles. The van der Waals surface area contributed by atoms with Crippen LogP contribution < -0.4 is 5.32 Å². The molecule has 0 amide bonds. The smallest absolute Gasteiger partial charge is 0.0584 e. The molecule has 2 nitrogen and oxygen atoms in total. The summed E-state index contributed by atoms with van der Waals surface area (Å²) in [7, 11) is 0. The summed E-state index contributed by atoms with van der Waals surface area (Å²) < 4.78 is 0. The summed E-state index contributed by atoms with van der Waals surface area (Å²) in [6, 6.07) is 0.326. The van der Waals surface area contributed by atoms with E-state index in [4.69, 9.17) is 5.11 Å². The summed E-state index contributed by atoms with van der Waals surface area (Å²) in [6.07, 6.45) is 6.27. The van der Waals surface area contributed by atoms with Gasteiger partial charge in [0.25, 0.3) is 0 Å². The molecule has 0 fully saturated rings. The van der Waals surface area contributed by atoms with Gasteiger partial charge in [0.05, 0.1) is 6.61 Å². The van der Waals surface area contributed by atoms with Gasteiger partial charge >= 0.3 is 0 Å². The molecule has 0 aliphatic rings. The third-order valence-corrected chi connectivity index (χ3v) is 2.12. The first-order valence-corrected chi connectivity index (χ1v) is 5.19. The molecule has 0 aromatic carbocycles. The third-order valence-electron chi connectivity index (χ3n) is 2.12. The van der Waals surface area contributed by atoms with E-state index in [2.05, 4.69) is 19.2 Å². The number of aliphatic hydroxyl groups is 1. The molecule has 0 aliphatic carbocycles. The molecule has 1 atom stereocenters. The maximum absolute atomic E-state index is 8.95. The van der Waals surface area contributed by atoms with Crippen LogP contribution in [0.1, 0.15) is 46.0 Å². The first kappa shape index (κ1) is 11.9. The van der Waals surface area contributed by atoms with Crippen LogP contribution in [0.5, 0.6) is 0 Å². The van der Waals surface area contributed by atoms with Crippen LogP contribution in [-0.2, 0) is 0 Å². The number of nitrogens with one attached hydrogen (secondary N) is 1. The van der Waals surface area contributed by atoms with Crippen molar-refractivity contribution >= 4 is 0 Å². The number of aliphatic hydroxyl groups excluding tert-OH is 1. The summed E-state index contributed by atoms with van der Waals surface area (Å²) in [5.74, 6) is 0. The summed E-state index contributed by atoms with van der Waals surface area (Å²) in [6.45, 7) is 5.53. The van der Waals surface area contributed by atoms with E-state index in [9.17, 15) is 0 Å². The normalized spacial score (nSPS) is 13.2. The molecule has 0 aromatic rings. The molecular formula is C10H23NO. The average Bonchev–Trinajstić information content (AvgIpc) is 2.10. The number of hydrogen-bond acceptors (Lipinski definition) is 2. The summed E-state index contributed by atoms with van der Waals surface area (Å²) in [4.78, 5) is 0. The van der Waals surface area contributed by atoms with Gasteiger partial charge in [-0.25, -0.2) is 0 Å². The van der Waals surface area contributed by atoms with Gasteiger partial charge in [-0.1, -0.05) is 39.5 Å². The second-order valence-electron chi connectivity index (χ2n) is 3.29. The van der Waals surface area contributed by atoms with Crippen LogP contribution in [0.3, 0.4) is 0 Å². The number of unbranched alkanes of at least 4 members (excludes halogenated alkanes) is 3. The van der Waals surface area contributed by atoms with Crippen molar-refractivity contribution in [3.63, 3.8) is 0 Å². The van der Waals surface area contributed by atoms with Crippen LogP contribution in [0.15, 0.2) is 0 Å². The Morgan fingerprint density at radius 3 is 2.42 bits per heavy atom. The zero-order chi connectivity index (χ0) is 9.23. The van der Waals surface area contributed by atoms with Crippen molar-refractivity contribution in [1.82, 2.24) is 5.32 Å². The van der Waals surface area contributed by atoms with Gasteiger partial charge in [-0.2, -0.15) is 0 Å². The molecule has 1 unspecified atom stereocenters. The minimum atomic E-state index is 0.278. The van der Waals surface area contributed by atoms with Crippen LogP contribution in [0.4, 0.5) is 0 Å². The molecule has 0 spiro atoms. The van der Waals surface area contributed by atoms with Gasteiger partial charge in [0.15, 0.2) is 0 Å². The standard InChI is InChI=1S/C10H23NO/c1-3-5-6-7-8-10(9-12)11-4-2/h10-12H,3-9H2,1-2H3. The average molecular weight is 173 g/mol. The maximum Gasteiger partial charge on any atom is 0.0584 e. The Hall–Kier alpha value is -0.0800. The molecule has 2 heteroatoms. The molecule has 12 heavy (non-hydrogen) atoms. The third kappa shape index (κ3) is 6.62. The Morgan fingerprint density at radius 2 is 1.92 bits per heavy atom. The molecule has 0 aromatic heterocycles. The lowest BCUT2D eigenvalue weighted by Gasteiger charge is -2.14. The van der Waals surface area contributed by atoms with Gasteiger partial charge in [-0.15, -0.1) is 0 Å². The minimum Gasteiger partial charge on any atom is -0.395 e. The fourth-order valence-corrected chi connectivity index (χ4v) is 1.36. The summed E-state index contributed by atoms with van der Waals surface area (Å²) >= 11 is 0. The van der Waals surface area contributed by atoms with E-state index in [-0.39, 0.29) is 6.61 Å². The molecule has 2 N–H and O–H groups in total. The second-order valence-corrected chi connectivity index (χ2v) is 3.29. The van der Waals surface area contributed by atoms with E-state index in [0.29, 0.717) is 6.04 Å². The van der Waals surface area contributed by atoms with Gasteiger partial charge in [0.1, 0.15) is 0 Å². The van der Waals surface area contributed by atoms with Gasteiger partial charge < -0.3 is 10.4 Å². The minimum absolute atomic E-state index is 0.278. The molecule has 0 rings (SSSR count). The van der Waals surface area contributed by atoms with Crippen LogP contribution in [0.25, 0.3) is 0 Å². The number of rotatable bonds is 8. The van der Waals surface area contributed by atoms with Gasteiger partial charge in [0, 0.05) is 6.04 Å². The topological polar surface area (TPSA) is 32.3 Å². The van der Waals surface area contributed by atoms with Crippen molar-refractivity contribution in [2.45, 2.75) is 52.0 Å². The first-order valence-electron chi connectivity index (χ1n) is 5.19. The molecule has 0 saturated carbocycles. The fourth-order valence-electron chi connectivity index (χ4n) is 1.36. The van der Waals surface area contributed by atoms with Crippen molar-refractivity contribution < 1.29 is 5.11 Å². The Labute approximate surface area is 76.4 Å². The monoisotopic (exact) mass is 173 g/mol. The van der Waals surface area contributed by atoms with Crippen LogP contribution in [0, 0.1) is 0 Å². The van der Waals surface area contributed by atoms with Crippen molar-refractivity contribution in [3.05, 3.63) is 0 Å². The highest BCUT2D eigenvalue weighted by atomic mass is 16.3. The van der Waals surface area contributed by atoms with E-state index < -0.39 is 0 Å². The van der Waals surface area contributed by atoms with E-state index in [0.717, 1.165) is 13.0 Å². The van der Waals surface area contributed by atoms with Gasteiger partial charge in [-0.05, 0) is 13.0 Å². The van der Waals surface area contributed by atoms with Crippen molar-refractivity contribution in [1.29, 1.82) is 0 Å². The lowest BCUT2D eigenvalue weighted by molar-refractivity contribution is 0.234. The van der Waals surface area contributed by atoms with Crippen LogP contribution in [-0.4, -0.2) is 24.3 Å². The van der Waals surface area contributed by atoms with Crippen LogP contribution in [0.2, 0.25) is 0 Å². The van der Waals surface area contributed by atoms with E-state index >= 15 is 0 Å². The fraction of sp³-hybridized carbons (Fsp3) is 1.00. The Bertz CT molecular complexity index is 85.9. The first-order chi connectivity index (χ1) is 5.85. The highest BCUT2D eigenvalue weighted by Crippen LogP contribution is 2.04. The Balaban J connectivity index is 3.19. The lowest BCUT2D eigenvalue weighted by Crippen LogP contribution is -2.32. The molecule has 74 valence electrons. The second kappa shape index (κ2) is 9.01. The largest absolute Gasteiger partial charge is 0.395 e. The lowest BCUT2D eigenvalue weighted by atomic mass is 10.1. The molecule has 0 bridgehead atoms. The van der Waals surface area contributed by atoms with E-state index in [1.54, 1.807) is 0 Å². The zero-order valence-corrected chi connectivity index (χ0v) is 8.47. The molecular weight excluding hydrogens is 150 g/mol. The van der Waals surface area contributed by atoms with E-state index in [1.807, 2.05) is 0 Å². The molecule has 0 heterocycles. The van der Waals surface area contributed by atoms with E-state index in [1.165, 1.54) is 25.7 Å². The van der Waals surface area contributed by atoms with Crippen LogP contribution >= 0.6 is 0 Å². The van der Waals surface area contributed by atoms with Gasteiger partial charge in [-0.3, -0.25) is 0 Å². The predicted octanol–water partition coefficient (Wildman–Crippen LogP) is 1.93. The highest BCUT2D eigenvalue weighted by Gasteiger charge is 2.03. The number of likely N-dealkylation sites (N-methyl/N-ethyl adjacent to an activating group) is 1. The SMILES string of the molecule is CCCCCCC(CO)NCC. The maximum atomic E-state index is 8.95. The summed E-state index contributed by atoms with van der Waals surface area (Å²) in [5.41, 5.74) is 0. The summed E-state index contributed by atoms with van der Waals surface area (Å²) in [5, 5.41) is 12.2. The molecule has 0 saturated heterocycles. The van der Waals surface area contributed by atoms with Gasteiger partial charge in [0.2, 0.25) is 0 Å². The zero-order valence-electron chi connectivity index (χ0n) is 8.47. The number of hydrogen-bond donors (Lipinski definition) is 2. The predicted molar refractivity (Wildman–Crippen MR) is 53.3 cm³/mol. The quantitative estimate of drug-likeness (QED) is 0.550. The Kier molecular flexibility index (Phi) is 8.95.